The molecule has 0 atom stereocenters. The summed E-state index contributed by atoms with van der Waals surface area (Å²) in [5, 5.41) is 7.62. The van der Waals surface area contributed by atoms with Crippen LogP contribution in [0, 0.1) is 0 Å². The van der Waals surface area contributed by atoms with E-state index >= 15 is 0 Å². The van der Waals surface area contributed by atoms with Gasteiger partial charge >= 0.3 is 0 Å². The number of hydrogen-bond donors (Lipinski definition) is 1. The highest BCUT2D eigenvalue weighted by Gasteiger charge is 2.38. The molecule has 1 saturated carbocycles. The Hall–Kier alpha value is -2.18. The van der Waals surface area contributed by atoms with Crippen molar-refractivity contribution in [3.8, 4) is 5.69 Å². The zero-order valence-corrected chi connectivity index (χ0v) is 16.5. The Morgan fingerprint density at radius 2 is 1.86 bits per heavy atom. The van der Waals surface area contributed by atoms with Gasteiger partial charge in [-0.15, -0.1) is 0 Å². The van der Waals surface area contributed by atoms with Gasteiger partial charge in [-0.3, -0.25) is 9.69 Å². The van der Waals surface area contributed by atoms with Gasteiger partial charge in [0.25, 0.3) is 0 Å². The number of carbonyl (C=O) groups excluding carboxylic acids is 1. The summed E-state index contributed by atoms with van der Waals surface area (Å²) in [7, 11) is 0. The first kappa shape index (κ1) is 19.2. The second-order valence-corrected chi connectivity index (χ2v) is 7.97. The number of benzene rings is 1. The molecule has 1 aliphatic carbocycles. The molecule has 2 heterocycles. The summed E-state index contributed by atoms with van der Waals surface area (Å²) in [4.78, 5) is 15.2. The van der Waals surface area contributed by atoms with E-state index < -0.39 is 0 Å². The number of hydrogen-bond acceptors (Lipinski definition) is 4. The van der Waals surface area contributed by atoms with E-state index in [1.807, 2.05) is 41.2 Å². The van der Waals surface area contributed by atoms with Crippen LogP contribution in [0.4, 0.5) is 0 Å². The third-order valence-corrected chi connectivity index (χ3v) is 6.10. The van der Waals surface area contributed by atoms with Crippen molar-refractivity contribution in [3.05, 3.63) is 48.3 Å². The van der Waals surface area contributed by atoms with Crippen LogP contribution in [-0.2, 0) is 16.0 Å². The van der Waals surface area contributed by atoms with Crippen molar-refractivity contribution in [2.24, 2.45) is 0 Å². The van der Waals surface area contributed by atoms with E-state index in [0.717, 1.165) is 44.1 Å². The first-order valence-electron chi connectivity index (χ1n) is 10.4. The summed E-state index contributed by atoms with van der Waals surface area (Å²) in [6, 6.07) is 9.96. The first-order valence-corrected chi connectivity index (χ1v) is 10.4. The van der Waals surface area contributed by atoms with Crippen LogP contribution >= 0.6 is 0 Å². The minimum atomic E-state index is 0.0748. The van der Waals surface area contributed by atoms with Crippen LogP contribution in [0.2, 0.25) is 0 Å². The van der Waals surface area contributed by atoms with E-state index in [2.05, 4.69) is 15.3 Å². The molecular formula is C22H30N4O2. The molecule has 0 radical (unpaired) electrons. The number of morpholine rings is 1. The Balaban J connectivity index is 1.35. The minimum absolute atomic E-state index is 0.0748. The number of rotatable bonds is 6. The van der Waals surface area contributed by atoms with Gasteiger partial charge in [0.15, 0.2) is 0 Å². The highest BCUT2D eigenvalue weighted by Crippen LogP contribution is 2.33. The largest absolute Gasteiger partial charge is 0.379 e. The summed E-state index contributed by atoms with van der Waals surface area (Å²) < 4.78 is 7.36. The lowest BCUT2D eigenvalue weighted by atomic mass is 9.79. The molecule has 6 nitrogen and oxygen atoms in total. The van der Waals surface area contributed by atoms with Gasteiger partial charge in [0.1, 0.15) is 0 Å². The highest BCUT2D eigenvalue weighted by molar-refractivity contribution is 5.78. The fourth-order valence-corrected chi connectivity index (χ4v) is 4.54. The molecule has 2 fully saturated rings. The minimum Gasteiger partial charge on any atom is -0.379 e. The van der Waals surface area contributed by atoms with Crippen molar-refractivity contribution < 1.29 is 9.53 Å². The number of nitrogens with one attached hydrogen (secondary N) is 1. The maximum absolute atomic E-state index is 12.6. The van der Waals surface area contributed by atoms with Gasteiger partial charge in [0.2, 0.25) is 5.91 Å². The molecule has 1 aromatic heterocycles. The maximum Gasteiger partial charge on any atom is 0.224 e. The maximum atomic E-state index is 12.6. The van der Waals surface area contributed by atoms with E-state index in [0.29, 0.717) is 6.42 Å². The molecule has 1 saturated heterocycles. The smallest absolute Gasteiger partial charge is 0.224 e. The van der Waals surface area contributed by atoms with Crippen LogP contribution in [0.1, 0.15) is 37.7 Å². The van der Waals surface area contributed by atoms with Crippen LogP contribution in [-0.4, -0.2) is 59.0 Å². The molecule has 1 N–H and O–H groups in total. The molecule has 1 aromatic carbocycles. The lowest BCUT2D eigenvalue weighted by molar-refractivity contribution is -0.121. The zero-order valence-electron chi connectivity index (χ0n) is 16.5. The summed E-state index contributed by atoms with van der Waals surface area (Å²) in [6.07, 6.45) is 10.2. The van der Waals surface area contributed by atoms with Crippen molar-refractivity contribution in [1.29, 1.82) is 0 Å². The van der Waals surface area contributed by atoms with Crippen LogP contribution in [0.15, 0.2) is 42.7 Å². The molecule has 0 unspecified atom stereocenters. The summed E-state index contributed by atoms with van der Waals surface area (Å²) >= 11 is 0. The van der Waals surface area contributed by atoms with Crippen molar-refractivity contribution in [1.82, 2.24) is 20.0 Å². The fraction of sp³-hybridized carbons (Fsp3) is 0.545. The lowest BCUT2D eigenvalue weighted by Gasteiger charge is -2.48. The molecule has 0 bridgehead atoms. The van der Waals surface area contributed by atoms with Crippen molar-refractivity contribution in [2.75, 3.05) is 32.8 Å². The van der Waals surface area contributed by atoms with E-state index in [-0.39, 0.29) is 11.4 Å². The van der Waals surface area contributed by atoms with Crippen molar-refractivity contribution >= 4 is 5.91 Å². The van der Waals surface area contributed by atoms with E-state index in [4.69, 9.17) is 4.74 Å². The van der Waals surface area contributed by atoms with Crippen LogP contribution in [0.25, 0.3) is 5.69 Å². The fourth-order valence-electron chi connectivity index (χ4n) is 4.54. The average molecular weight is 383 g/mol. The number of nitrogens with zero attached hydrogens (tertiary/aromatic N) is 3. The van der Waals surface area contributed by atoms with E-state index in [1.165, 1.54) is 32.1 Å². The molecule has 150 valence electrons. The molecule has 2 aliphatic rings. The molecule has 1 amide bonds. The number of amides is 1. The Morgan fingerprint density at radius 1 is 1.11 bits per heavy atom. The van der Waals surface area contributed by atoms with Crippen LogP contribution < -0.4 is 5.32 Å². The molecule has 1 aliphatic heterocycles. The topological polar surface area (TPSA) is 59.4 Å². The normalized spacial score (nSPS) is 20.0. The second-order valence-electron chi connectivity index (χ2n) is 7.97. The number of carbonyl (C=O) groups is 1. The Bertz CT molecular complexity index is 762. The Morgan fingerprint density at radius 3 is 2.61 bits per heavy atom. The molecule has 4 rings (SSSR count). The predicted molar refractivity (Wildman–Crippen MR) is 108 cm³/mol. The molecule has 2 aromatic rings. The van der Waals surface area contributed by atoms with Crippen LogP contribution in [0.5, 0.6) is 0 Å². The molecule has 28 heavy (non-hydrogen) atoms. The van der Waals surface area contributed by atoms with E-state index in [9.17, 15) is 4.79 Å². The van der Waals surface area contributed by atoms with Crippen LogP contribution in [0.3, 0.4) is 0 Å². The Labute approximate surface area is 166 Å². The second kappa shape index (κ2) is 8.88. The van der Waals surface area contributed by atoms with Gasteiger partial charge in [-0.05, 0) is 30.5 Å². The van der Waals surface area contributed by atoms with E-state index in [1.54, 1.807) is 6.20 Å². The SMILES string of the molecule is O=C(Cc1cnn(-c2ccccc2)c1)NCC1(N2CCOCC2)CCCCC1. The van der Waals surface area contributed by atoms with Gasteiger partial charge in [-0.1, -0.05) is 37.5 Å². The zero-order chi connectivity index (χ0) is 19.2. The summed E-state index contributed by atoms with van der Waals surface area (Å²) in [5.74, 6) is 0.0748. The van der Waals surface area contributed by atoms with Gasteiger partial charge in [-0.25, -0.2) is 4.68 Å². The van der Waals surface area contributed by atoms with Gasteiger partial charge in [0.05, 0.1) is 31.5 Å². The number of aromatic nitrogens is 2. The van der Waals surface area contributed by atoms with Gasteiger partial charge in [0, 0.05) is 31.4 Å². The monoisotopic (exact) mass is 382 g/mol. The third kappa shape index (κ3) is 4.45. The average Bonchev–Trinajstić information content (AvgIpc) is 3.23. The third-order valence-electron chi connectivity index (χ3n) is 6.10. The summed E-state index contributed by atoms with van der Waals surface area (Å²) in [5.41, 5.74) is 2.04. The number of ether oxygens (including phenoxy) is 1. The summed E-state index contributed by atoms with van der Waals surface area (Å²) in [6.45, 7) is 4.28. The standard InChI is InChI=1S/C22H30N4O2/c27-21(15-19-16-24-26(17-19)20-7-3-1-4-8-20)23-18-22(9-5-2-6-10-22)25-11-13-28-14-12-25/h1,3-4,7-8,16-17H,2,5-6,9-15,18H2,(H,23,27). The first-order chi connectivity index (χ1) is 13.8. The Kier molecular flexibility index (Phi) is 6.07. The van der Waals surface area contributed by atoms with Crippen molar-refractivity contribution in [2.45, 2.75) is 44.1 Å². The number of para-hydroxylation sites is 1. The highest BCUT2D eigenvalue weighted by atomic mass is 16.5. The molecular weight excluding hydrogens is 352 g/mol. The quantitative estimate of drug-likeness (QED) is 0.834. The van der Waals surface area contributed by atoms with Crippen molar-refractivity contribution in [3.63, 3.8) is 0 Å². The lowest BCUT2D eigenvalue weighted by Crippen LogP contribution is -2.59. The predicted octanol–water partition coefficient (Wildman–Crippen LogP) is 2.57. The molecule has 6 heteroatoms. The van der Waals surface area contributed by atoms with Gasteiger partial charge < -0.3 is 10.1 Å². The molecule has 0 spiro atoms. The van der Waals surface area contributed by atoms with Gasteiger partial charge in [-0.2, -0.15) is 5.10 Å².